The first-order chi connectivity index (χ1) is 8.78. The molecule has 1 aliphatic heterocycles. The van der Waals surface area contributed by atoms with E-state index in [0.717, 1.165) is 43.9 Å². The van der Waals surface area contributed by atoms with E-state index in [4.69, 9.17) is 15.6 Å². The van der Waals surface area contributed by atoms with Gasteiger partial charge in [0.1, 0.15) is 5.75 Å². The molecule has 4 heteroatoms. The number of nitrogen functional groups attached to an aromatic ring is 1. The highest BCUT2D eigenvalue weighted by Gasteiger charge is 2.20. The summed E-state index contributed by atoms with van der Waals surface area (Å²) >= 11 is 0. The average molecular weight is 250 g/mol. The Morgan fingerprint density at radius 2 is 2.33 bits per heavy atom. The molecule has 1 heterocycles. The molecule has 1 unspecified atom stereocenters. The third-order valence-corrected chi connectivity index (χ3v) is 3.37. The molecule has 0 aliphatic carbocycles. The summed E-state index contributed by atoms with van der Waals surface area (Å²) in [6.45, 7) is 4.19. The zero-order valence-electron chi connectivity index (χ0n) is 10.7. The molecule has 0 aromatic heterocycles. The van der Waals surface area contributed by atoms with E-state index in [1.807, 2.05) is 24.3 Å². The number of rotatable bonds is 6. The maximum atomic E-state index is 9.07. The minimum Gasteiger partial charge on any atom is -0.493 e. The smallest absolute Gasteiger partial charge is 0.121 e. The van der Waals surface area contributed by atoms with E-state index < -0.39 is 0 Å². The monoisotopic (exact) mass is 250 g/mol. The number of aliphatic hydroxyl groups is 1. The van der Waals surface area contributed by atoms with E-state index in [9.17, 15) is 0 Å². The molecule has 0 radical (unpaired) electrons. The van der Waals surface area contributed by atoms with Gasteiger partial charge in [-0.1, -0.05) is 6.07 Å². The summed E-state index contributed by atoms with van der Waals surface area (Å²) < 4.78 is 5.64. The van der Waals surface area contributed by atoms with Gasteiger partial charge in [-0.2, -0.15) is 0 Å². The highest BCUT2D eigenvalue weighted by molar-refractivity contribution is 5.43. The Balaban J connectivity index is 1.62. The Bertz CT molecular complexity index is 371. The average Bonchev–Trinajstić information content (AvgIpc) is 2.83. The molecule has 4 nitrogen and oxygen atoms in total. The van der Waals surface area contributed by atoms with Crippen molar-refractivity contribution in [3.05, 3.63) is 24.3 Å². The summed E-state index contributed by atoms with van der Waals surface area (Å²) in [7, 11) is 0. The third-order valence-electron chi connectivity index (χ3n) is 3.37. The number of benzene rings is 1. The Labute approximate surface area is 108 Å². The second-order valence-electron chi connectivity index (χ2n) is 4.91. The van der Waals surface area contributed by atoms with Gasteiger partial charge in [-0.3, -0.25) is 0 Å². The van der Waals surface area contributed by atoms with Crippen LogP contribution in [0.4, 0.5) is 5.69 Å². The van der Waals surface area contributed by atoms with Crippen molar-refractivity contribution < 1.29 is 9.84 Å². The summed E-state index contributed by atoms with van der Waals surface area (Å²) in [6, 6.07) is 7.52. The Kier molecular flexibility index (Phi) is 4.84. The number of hydrogen-bond acceptors (Lipinski definition) is 4. The molecule has 0 saturated carbocycles. The molecular weight excluding hydrogens is 228 g/mol. The van der Waals surface area contributed by atoms with Crippen LogP contribution >= 0.6 is 0 Å². The molecule has 0 spiro atoms. The van der Waals surface area contributed by atoms with Crippen molar-refractivity contribution in [2.45, 2.75) is 12.8 Å². The summed E-state index contributed by atoms with van der Waals surface area (Å²) in [5.41, 5.74) is 6.42. The zero-order valence-corrected chi connectivity index (χ0v) is 10.7. The zero-order chi connectivity index (χ0) is 12.8. The molecule has 1 fully saturated rings. The van der Waals surface area contributed by atoms with Crippen molar-refractivity contribution in [3.63, 3.8) is 0 Å². The Morgan fingerprint density at radius 1 is 1.44 bits per heavy atom. The summed E-state index contributed by atoms with van der Waals surface area (Å²) in [4.78, 5) is 2.39. The molecule has 1 aromatic carbocycles. The number of likely N-dealkylation sites (tertiary alicyclic amines) is 1. The van der Waals surface area contributed by atoms with Crippen LogP contribution in [-0.4, -0.2) is 42.9 Å². The number of anilines is 1. The molecular formula is C14H22N2O2. The first-order valence-corrected chi connectivity index (χ1v) is 6.59. The van der Waals surface area contributed by atoms with Gasteiger partial charge in [0.15, 0.2) is 0 Å². The number of nitrogens with two attached hydrogens (primary N) is 1. The van der Waals surface area contributed by atoms with Gasteiger partial charge in [-0.05, 0) is 37.4 Å². The molecule has 1 atom stereocenters. The third kappa shape index (κ3) is 3.89. The lowest BCUT2D eigenvalue weighted by atomic mass is 10.1. The molecule has 3 N–H and O–H groups in total. The van der Waals surface area contributed by atoms with E-state index in [2.05, 4.69) is 4.90 Å². The van der Waals surface area contributed by atoms with Gasteiger partial charge in [0.05, 0.1) is 6.61 Å². The maximum absolute atomic E-state index is 9.07. The van der Waals surface area contributed by atoms with Crippen LogP contribution in [0.2, 0.25) is 0 Å². The van der Waals surface area contributed by atoms with Crippen molar-refractivity contribution in [1.82, 2.24) is 4.90 Å². The fourth-order valence-electron chi connectivity index (χ4n) is 2.35. The summed E-state index contributed by atoms with van der Waals surface area (Å²) in [6.07, 6.45) is 2.12. The fraction of sp³-hybridized carbons (Fsp3) is 0.571. The summed E-state index contributed by atoms with van der Waals surface area (Å²) in [5, 5.41) is 9.07. The number of ether oxygens (including phenoxy) is 1. The summed E-state index contributed by atoms with van der Waals surface area (Å²) in [5.74, 6) is 1.31. The predicted octanol–water partition coefficient (Wildman–Crippen LogP) is 1.35. The van der Waals surface area contributed by atoms with E-state index >= 15 is 0 Å². The molecule has 100 valence electrons. The second-order valence-corrected chi connectivity index (χ2v) is 4.91. The van der Waals surface area contributed by atoms with E-state index in [1.54, 1.807) is 0 Å². The molecule has 1 aromatic rings. The van der Waals surface area contributed by atoms with Crippen molar-refractivity contribution >= 4 is 5.69 Å². The van der Waals surface area contributed by atoms with Crippen LogP contribution < -0.4 is 10.5 Å². The second kappa shape index (κ2) is 6.61. The van der Waals surface area contributed by atoms with Gasteiger partial charge in [0.2, 0.25) is 0 Å². The first-order valence-electron chi connectivity index (χ1n) is 6.59. The number of hydrogen-bond donors (Lipinski definition) is 2. The van der Waals surface area contributed by atoms with E-state index in [-0.39, 0.29) is 0 Å². The van der Waals surface area contributed by atoms with Crippen LogP contribution in [0.3, 0.4) is 0 Å². The number of aliphatic hydroxyl groups excluding tert-OH is 1. The molecule has 0 amide bonds. The maximum Gasteiger partial charge on any atom is 0.121 e. The minimum absolute atomic E-state index is 0.316. The lowest BCUT2D eigenvalue weighted by Crippen LogP contribution is -2.24. The first kappa shape index (κ1) is 13.2. The van der Waals surface area contributed by atoms with Crippen LogP contribution in [-0.2, 0) is 0 Å². The highest BCUT2D eigenvalue weighted by Crippen LogP contribution is 2.16. The molecule has 0 bridgehead atoms. The predicted molar refractivity (Wildman–Crippen MR) is 72.6 cm³/mol. The van der Waals surface area contributed by atoms with E-state index in [0.29, 0.717) is 19.1 Å². The Morgan fingerprint density at radius 3 is 3.06 bits per heavy atom. The van der Waals surface area contributed by atoms with Crippen LogP contribution in [0.5, 0.6) is 5.75 Å². The van der Waals surface area contributed by atoms with Gasteiger partial charge in [0.25, 0.3) is 0 Å². The van der Waals surface area contributed by atoms with E-state index in [1.165, 1.54) is 0 Å². The topological polar surface area (TPSA) is 58.7 Å². The minimum atomic E-state index is 0.316. The van der Waals surface area contributed by atoms with Crippen LogP contribution in [0, 0.1) is 5.92 Å². The van der Waals surface area contributed by atoms with Crippen LogP contribution in [0.25, 0.3) is 0 Å². The van der Waals surface area contributed by atoms with Gasteiger partial charge in [-0.15, -0.1) is 0 Å². The van der Waals surface area contributed by atoms with Gasteiger partial charge in [-0.25, -0.2) is 0 Å². The Hall–Kier alpha value is -1.26. The van der Waals surface area contributed by atoms with Crippen LogP contribution in [0.15, 0.2) is 24.3 Å². The largest absolute Gasteiger partial charge is 0.493 e. The van der Waals surface area contributed by atoms with Crippen molar-refractivity contribution in [2.24, 2.45) is 5.92 Å². The van der Waals surface area contributed by atoms with Gasteiger partial charge in [0, 0.05) is 31.5 Å². The van der Waals surface area contributed by atoms with Gasteiger partial charge >= 0.3 is 0 Å². The normalized spacial score (nSPS) is 20.2. The number of nitrogens with zero attached hydrogens (tertiary/aromatic N) is 1. The van der Waals surface area contributed by atoms with Crippen LogP contribution in [0.1, 0.15) is 12.8 Å². The molecule has 2 rings (SSSR count). The molecule has 1 aliphatic rings. The van der Waals surface area contributed by atoms with Gasteiger partial charge < -0.3 is 20.5 Å². The highest BCUT2D eigenvalue weighted by atomic mass is 16.5. The lowest BCUT2D eigenvalue weighted by Gasteiger charge is -2.15. The quantitative estimate of drug-likeness (QED) is 0.591. The SMILES string of the molecule is Nc1cccc(OCCCN2CCC(CO)C2)c1. The van der Waals surface area contributed by atoms with Crippen molar-refractivity contribution in [3.8, 4) is 5.75 Å². The lowest BCUT2D eigenvalue weighted by molar-refractivity contribution is 0.215. The van der Waals surface area contributed by atoms with Crippen molar-refractivity contribution in [1.29, 1.82) is 0 Å². The fourth-order valence-corrected chi connectivity index (χ4v) is 2.35. The molecule has 1 saturated heterocycles. The standard InChI is InChI=1S/C14H22N2O2/c15-13-3-1-4-14(9-13)18-8-2-6-16-7-5-12(10-16)11-17/h1,3-4,9,12,17H,2,5-8,10-11,15H2. The molecule has 18 heavy (non-hydrogen) atoms. The van der Waals surface area contributed by atoms with Crippen molar-refractivity contribution in [2.75, 3.05) is 38.6 Å².